The highest BCUT2D eigenvalue weighted by Gasteiger charge is 2.36. The summed E-state index contributed by atoms with van der Waals surface area (Å²) in [5, 5.41) is 5.05. The molecule has 3 aromatic rings. The Morgan fingerprint density at radius 1 is 0.969 bits per heavy atom. The van der Waals surface area contributed by atoms with Gasteiger partial charge in [0.25, 0.3) is 0 Å². The summed E-state index contributed by atoms with van der Waals surface area (Å²) in [7, 11) is 0. The second-order valence-corrected chi connectivity index (χ2v) is 9.23. The van der Waals surface area contributed by atoms with Gasteiger partial charge in [-0.25, -0.2) is 0 Å². The number of nitrogens with zero attached hydrogens (tertiary/aromatic N) is 1. The highest BCUT2D eigenvalue weighted by Crippen LogP contribution is 2.49. The van der Waals surface area contributed by atoms with E-state index >= 15 is 0 Å². The largest absolute Gasteiger partial charge is 0.454 e. The molecule has 3 aliphatic rings. The standard InChI is InChI=1S/C26H22Cl2N2O2/c27-17-6-7-23-19(10-17)18-8-9-30(14-16-4-2-1-3-5-16)26(21(18)13-29-23)20-11-24-25(12-22(20)28)32-15-31-24/h1-7,10-12,26,29H,8-9,13-15H2. The van der Waals surface area contributed by atoms with Crippen LogP contribution in [0.4, 0.5) is 5.69 Å². The van der Waals surface area contributed by atoms with Gasteiger partial charge < -0.3 is 14.8 Å². The third kappa shape index (κ3) is 3.43. The second-order valence-electron chi connectivity index (χ2n) is 8.38. The maximum Gasteiger partial charge on any atom is 0.231 e. The summed E-state index contributed by atoms with van der Waals surface area (Å²) >= 11 is 13.2. The number of hydrogen-bond acceptors (Lipinski definition) is 4. The van der Waals surface area contributed by atoms with E-state index in [4.69, 9.17) is 32.7 Å². The molecule has 0 aliphatic carbocycles. The fourth-order valence-corrected chi connectivity index (χ4v) is 5.50. The van der Waals surface area contributed by atoms with Gasteiger partial charge in [-0.1, -0.05) is 53.5 Å². The molecule has 0 aromatic heterocycles. The van der Waals surface area contributed by atoms with Gasteiger partial charge in [0.15, 0.2) is 11.5 Å². The van der Waals surface area contributed by atoms with Crippen LogP contribution in [0.25, 0.3) is 5.57 Å². The number of benzene rings is 3. The predicted octanol–water partition coefficient (Wildman–Crippen LogP) is 6.55. The van der Waals surface area contributed by atoms with Crippen LogP contribution in [0.2, 0.25) is 10.0 Å². The molecule has 6 heteroatoms. The Hall–Kier alpha value is -2.66. The summed E-state index contributed by atoms with van der Waals surface area (Å²) in [5.41, 5.74) is 7.36. The number of fused-ring (bicyclic) bond motifs is 3. The third-order valence-corrected chi connectivity index (χ3v) is 7.09. The number of rotatable bonds is 3. The fourth-order valence-electron chi connectivity index (χ4n) is 5.07. The summed E-state index contributed by atoms with van der Waals surface area (Å²) in [6.45, 7) is 2.77. The molecule has 0 fully saturated rings. The van der Waals surface area contributed by atoms with Crippen LogP contribution >= 0.6 is 23.2 Å². The van der Waals surface area contributed by atoms with Gasteiger partial charge in [-0.15, -0.1) is 0 Å². The Balaban J connectivity index is 1.49. The first-order valence-electron chi connectivity index (χ1n) is 10.8. The zero-order valence-electron chi connectivity index (χ0n) is 17.4. The SMILES string of the molecule is Clc1ccc2c(c1)C1=C(CN2)C(c2cc3c(cc2Cl)OCO3)N(Cc2ccccc2)CC1. The van der Waals surface area contributed by atoms with E-state index in [0.717, 1.165) is 48.1 Å². The Morgan fingerprint density at radius 2 is 1.78 bits per heavy atom. The molecule has 1 unspecified atom stereocenters. The van der Waals surface area contributed by atoms with Crippen molar-refractivity contribution in [3.05, 3.63) is 93.0 Å². The molecular weight excluding hydrogens is 443 g/mol. The minimum Gasteiger partial charge on any atom is -0.454 e. The van der Waals surface area contributed by atoms with E-state index in [9.17, 15) is 0 Å². The van der Waals surface area contributed by atoms with Gasteiger partial charge >= 0.3 is 0 Å². The molecule has 1 atom stereocenters. The average molecular weight is 465 g/mol. The van der Waals surface area contributed by atoms with Gasteiger partial charge in [0.1, 0.15) is 0 Å². The minimum atomic E-state index is 0.0283. The minimum absolute atomic E-state index is 0.0283. The number of nitrogens with one attached hydrogen (secondary N) is 1. The van der Waals surface area contributed by atoms with Crippen molar-refractivity contribution in [3.63, 3.8) is 0 Å². The van der Waals surface area contributed by atoms with Gasteiger partial charge in [0.05, 0.1) is 6.04 Å². The van der Waals surface area contributed by atoms with Crippen molar-refractivity contribution in [1.82, 2.24) is 4.90 Å². The molecule has 0 radical (unpaired) electrons. The van der Waals surface area contributed by atoms with Gasteiger partial charge in [0.2, 0.25) is 6.79 Å². The van der Waals surface area contributed by atoms with E-state index < -0.39 is 0 Å². The summed E-state index contributed by atoms with van der Waals surface area (Å²) in [4.78, 5) is 2.51. The lowest BCUT2D eigenvalue weighted by atomic mass is 9.82. The smallest absolute Gasteiger partial charge is 0.231 e. The van der Waals surface area contributed by atoms with E-state index in [-0.39, 0.29) is 12.8 Å². The third-order valence-electron chi connectivity index (χ3n) is 6.52. The maximum absolute atomic E-state index is 6.84. The lowest BCUT2D eigenvalue weighted by molar-refractivity contribution is 0.173. The van der Waals surface area contributed by atoms with E-state index in [0.29, 0.717) is 10.8 Å². The summed E-state index contributed by atoms with van der Waals surface area (Å²) in [6, 6.07) is 20.6. The molecule has 3 heterocycles. The van der Waals surface area contributed by atoms with Crippen LogP contribution < -0.4 is 14.8 Å². The molecule has 3 aromatic carbocycles. The van der Waals surface area contributed by atoms with Crippen molar-refractivity contribution in [3.8, 4) is 11.5 Å². The van der Waals surface area contributed by atoms with Crippen molar-refractivity contribution < 1.29 is 9.47 Å². The van der Waals surface area contributed by atoms with Crippen LogP contribution in [0.5, 0.6) is 11.5 Å². The van der Waals surface area contributed by atoms with E-state index in [1.807, 2.05) is 12.1 Å². The van der Waals surface area contributed by atoms with E-state index in [1.165, 1.54) is 22.3 Å². The van der Waals surface area contributed by atoms with Crippen molar-refractivity contribution >= 4 is 34.5 Å². The fraction of sp³-hybridized carbons (Fsp3) is 0.231. The molecule has 3 aliphatic heterocycles. The first-order valence-corrected chi connectivity index (χ1v) is 11.6. The first-order chi connectivity index (χ1) is 15.7. The van der Waals surface area contributed by atoms with Crippen molar-refractivity contribution in [1.29, 1.82) is 0 Å². The van der Waals surface area contributed by atoms with Gasteiger partial charge in [-0.05, 0) is 53.0 Å². The van der Waals surface area contributed by atoms with Gasteiger partial charge in [0, 0.05) is 47.0 Å². The van der Waals surface area contributed by atoms with Crippen LogP contribution in [0.1, 0.15) is 29.2 Å². The van der Waals surface area contributed by atoms with E-state index in [1.54, 1.807) is 0 Å². The lowest BCUT2D eigenvalue weighted by Gasteiger charge is -2.42. The quantitative estimate of drug-likeness (QED) is 0.476. The number of halogens is 2. The van der Waals surface area contributed by atoms with Crippen LogP contribution in [-0.4, -0.2) is 24.8 Å². The summed E-state index contributed by atoms with van der Waals surface area (Å²) in [5.74, 6) is 1.46. The molecule has 0 spiro atoms. The molecule has 0 saturated heterocycles. The number of anilines is 1. The Bertz CT molecular complexity index is 1230. The van der Waals surface area contributed by atoms with Crippen LogP contribution in [0.3, 0.4) is 0 Å². The predicted molar refractivity (Wildman–Crippen MR) is 129 cm³/mol. The molecule has 4 nitrogen and oxygen atoms in total. The molecule has 162 valence electrons. The number of hydrogen-bond donors (Lipinski definition) is 1. The highest BCUT2D eigenvalue weighted by atomic mass is 35.5. The molecule has 6 rings (SSSR count). The molecule has 0 saturated carbocycles. The first kappa shape index (κ1) is 20.0. The monoisotopic (exact) mass is 464 g/mol. The molecular formula is C26H22Cl2N2O2. The van der Waals surface area contributed by atoms with Gasteiger partial charge in [-0.3, -0.25) is 4.90 Å². The van der Waals surface area contributed by atoms with Crippen molar-refractivity contribution in [2.75, 3.05) is 25.2 Å². The Labute approximate surface area is 197 Å². The molecule has 0 amide bonds. The van der Waals surface area contributed by atoms with Crippen LogP contribution in [-0.2, 0) is 6.54 Å². The normalized spacial score (nSPS) is 19.4. The lowest BCUT2D eigenvalue weighted by Crippen LogP contribution is -2.38. The molecule has 32 heavy (non-hydrogen) atoms. The zero-order valence-corrected chi connectivity index (χ0v) is 18.9. The zero-order chi connectivity index (χ0) is 21.7. The van der Waals surface area contributed by atoms with Crippen molar-refractivity contribution in [2.24, 2.45) is 0 Å². The topological polar surface area (TPSA) is 33.7 Å². The average Bonchev–Trinajstić information content (AvgIpc) is 3.26. The van der Waals surface area contributed by atoms with Crippen molar-refractivity contribution in [2.45, 2.75) is 19.0 Å². The highest BCUT2D eigenvalue weighted by molar-refractivity contribution is 6.32. The van der Waals surface area contributed by atoms with Gasteiger partial charge in [-0.2, -0.15) is 0 Å². The Kier molecular flexibility index (Phi) is 5.02. The summed E-state index contributed by atoms with van der Waals surface area (Å²) in [6.07, 6.45) is 0.968. The van der Waals surface area contributed by atoms with Crippen LogP contribution in [0.15, 0.2) is 66.2 Å². The van der Waals surface area contributed by atoms with E-state index in [2.05, 4.69) is 58.7 Å². The van der Waals surface area contributed by atoms with Crippen LogP contribution in [0, 0.1) is 0 Å². The molecule has 1 N–H and O–H groups in total. The second kappa shape index (κ2) is 8.04. The molecule has 0 bridgehead atoms. The number of ether oxygens (including phenoxy) is 2. The summed E-state index contributed by atoms with van der Waals surface area (Å²) < 4.78 is 11.2. The Morgan fingerprint density at radius 3 is 2.62 bits per heavy atom. The maximum atomic E-state index is 6.84.